The summed E-state index contributed by atoms with van der Waals surface area (Å²) in [5.41, 5.74) is 2.44. The van der Waals surface area contributed by atoms with E-state index in [1.54, 1.807) is 11.9 Å². The second kappa shape index (κ2) is 3.78. The summed E-state index contributed by atoms with van der Waals surface area (Å²) in [5.74, 6) is 2.64. The number of likely N-dealkylation sites (N-methyl/N-ethyl adjacent to an activating group) is 1. The molecule has 0 aromatic heterocycles. The van der Waals surface area contributed by atoms with Crippen LogP contribution in [-0.4, -0.2) is 24.4 Å². The number of terminal acetylenes is 1. The Labute approximate surface area is 89.9 Å². The summed E-state index contributed by atoms with van der Waals surface area (Å²) < 4.78 is 0. The van der Waals surface area contributed by atoms with E-state index in [0.717, 1.165) is 12.0 Å². The number of carbonyl (C=O) groups excluding carboxylic acids is 1. The smallest absolute Gasteiger partial charge is 0.230 e. The molecule has 0 radical (unpaired) electrons. The molecule has 2 heteroatoms. The first-order chi connectivity index (χ1) is 7.24. The minimum Gasteiger partial charge on any atom is -0.334 e. The summed E-state index contributed by atoms with van der Waals surface area (Å²) >= 11 is 0. The van der Waals surface area contributed by atoms with Crippen LogP contribution in [0.5, 0.6) is 0 Å². The molecule has 1 aromatic rings. The molecular formula is C13H13NO. The van der Waals surface area contributed by atoms with E-state index < -0.39 is 0 Å². The fourth-order valence-corrected chi connectivity index (χ4v) is 1.96. The van der Waals surface area contributed by atoms with Crippen LogP contribution in [0.25, 0.3) is 0 Å². The largest absolute Gasteiger partial charge is 0.334 e. The molecule has 0 spiro atoms. The van der Waals surface area contributed by atoms with Gasteiger partial charge in [-0.05, 0) is 17.5 Å². The van der Waals surface area contributed by atoms with Crippen molar-refractivity contribution in [3.63, 3.8) is 0 Å². The Bertz CT molecular complexity index is 430. The van der Waals surface area contributed by atoms with Crippen LogP contribution < -0.4 is 0 Å². The lowest BCUT2D eigenvalue weighted by atomic mass is 9.77. The molecule has 0 N–H and O–H groups in total. The van der Waals surface area contributed by atoms with Gasteiger partial charge < -0.3 is 4.90 Å². The first-order valence-electron chi connectivity index (χ1n) is 5.00. The van der Waals surface area contributed by atoms with Gasteiger partial charge in [-0.15, -0.1) is 6.42 Å². The molecule has 15 heavy (non-hydrogen) atoms. The van der Waals surface area contributed by atoms with Crippen molar-refractivity contribution in [3.8, 4) is 12.3 Å². The number of nitrogens with zero attached hydrogens (tertiary/aromatic N) is 1. The van der Waals surface area contributed by atoms with E-state index >= 15 is 0 Å². The number of hydrogen-bond acceptors (Lipinski definition) is 1. The van der Waals surface area contributed by atoms with Gasteiger partial charge in [0.25, 0.3) is 0 Å². The van der Waals surface area contributed by atoms with Gasteiger partial charge in [0.05, 0.1) is 12.5 Å². The molecule has 1 amide bonds. The fraction of sp³-hybridized carbons (Fsp3) is 0.308. The third kappa shape index (κ3) is 1.61. The molecule has 0 fully saturated rings. The van der Waals surface area contributed by atoms with Crippen LogP contribution in [0.3, 0.4) is 0 Å². The molecule has 1 atom stereocenters. The average Bonchev–Trinajstić information content (AvgIpc) is 2.20. The first-order valence-corrected chi connectivity index (χ1v) is 5.00. The highest BCUT2D eigenvalue weighted by molar-refractivity contribution is 5.86. The predicted molar refractivity (Wildman–Crippen MR) is 59.4 cm³/mol. The highest BCUT2D eigenvalue weighted by Crippen LogP contribution is 2.35. The lowest BCUT2D eigenvalue weighted by Gasteiger charge is -2.31. The maximum Gasteiger partial charge on any atom is 0.230 e. The standard InChI is InChI=1S/C13H13NO/c1-3-8-14(2)13(15)12-9-10-6-4-5-7-11(10)12/h1,4-7,12H,8-9H2,2H3. The summed E-state index contributed by atoms with van der Waals surface area (Å²) in [4.78, 5) is 13.5. The SMILES string of the molecule is C#CCN(C)C(=O)C1Cc2ccccc21. The Morgan fingerprint density at radius 1 is 1.60 bits per heavy atom. The van der Waals surface area contributed by atoms with Crippen molar-refractivity contribution in [2.24, 2.45) is 0 Å². The van der Waals surface area contributed by atoms with Crippen molar-refractivity contribution in [1.29, 1.82) is 0 Å². The van der Waals surface area contributed by atoms with Crippen molar-refractivity contribution >= 4 is 5.91 Å². The number of carbonyl (C=O) groups is 1. The minimum absolute atomic E-state index is 0.0274. The molecule has 1 aromatic carbocycles. The summed E-state index contributed by atoms with van der Waals surface area (Å²) in [6, 6.07) is 8.07. The Morgan fingerprint density at radius 2 is 2.33 bits per heavy atom. The van der Waals surface area contributed by atoms with Gasteiger partial charge in [-0.1, -0.05) is 30.2 Å². The quantitative estimate of drug-likeness (QED) is 0.660. The third-order valence-electron chi connectivity index (χ3n) is 2.86. The monoisotopic (exact) mass is 199 g/mol. The Hall–Kier alpha value is -1.75. The van der Waals surface area contributed by atoms with Crippen LogP contribution in [0.2, 0.25) is 0 Å². The first kappa shape index (κ1) is 9.79. The number of benzene rings is 1. The highest BCUT2D eigenvalue weighted by atomic mass is 16.2. The van der Waals surface area contributed by atoms with E-state index in [4.69, 9.17) is 6.42 Å². The molecule has 76 valence electrons. The number of hydrogen-bond donors (Lipinski definition) is 0. The second-order valence-electron chi connectivity index (χ2n) is 3.85. The number of fused-ring (bicyclic) bond motifs is 1. The molecule has 0 bridgehead atoms. The zero-order chi connectivity index (χ0) is 10.8. The third-order valence-corrected chi connectivity index (χ3v) is 2.86. The van der Waals surface area contributed by atoms with Gasteiger partial charge in [0.1, 0.15) is 0 Å². The number of amides is 1. The highest BCUT2D eigenvalue weighted by Gasteiger charge is 2.33. The van der Waals surface area contributed by atoms with Crippen LogP contribution >= 0.6 is 0 Å². The molecule has 2 nitrogen and oxygen atoms in total. The van der Waals surface area contributed by atoms with Gasteiger partial charge in [0.2, 0.25) is 5.91 Å². The van der Waals surface area contributed by atoms with Crippen molar-refractivity contribution in [2.75, 3.05) is 13.6 Å². The molecular weight excluding hydrogens is 186 g/mol. The van der Waals surface area contributed by atoms with Crippen LogP contribution in [-0.2, 0) is 11.2 Å². The van der Waals surface area contributed by atoms with Crippen LogP contribution in [0.4, 0.5) is 0 Å². The lowest BCUT2D eigenvalue weighted by Crippen LogP contribution is -2.37. The van der Waals surface area contributed by atoms with E-state index in [-0.39, 0.29) is 11.8 Å². The van der Waals surface area contributed by atoms with Gasteiger partial charge in [0, 0.05) is 7.05 Å². The zero-order valence-corrected chi connectivity index (χ0v) is 8.73. The van der Waals surface area contributed by atoms with Gasteiger partial charge in [-0.25, -0.2) is 0 Å². The Morgan fingerprint density at radius 3 is 3.00 bits per heavy atom. The molecule has 0 saturated heterocycles. The lowest BCUT2D eigenvalue weighted by molar-refractivity contribution is -0.131. The Kier molecular flexibility index (Phi) is 2.47. The summed E-state index contributed by atoms with van der Waals surface area (Å²) in [7, 11) is 1.75. The van der Waals surface area contributed by atoms with E-state index in [1.165, 1.54) is 5.56 Å². The summed E-state index contributed by atoms with van der Waals surface area (Å²) in [6.07, 6.45) is 6.03. The average molecular weight is 199 g/mol. The zero-order valence-electron chi connectivity index (χ0n) is 8.73. The van der Waals surface area contributed by atoms with Crippen molar-refractivity contribution in [3.05, 3.63) is 35.4 Å². The number of rotatable bonds is 2. The van der Waals surface area contributed by atoms with Crippen molar-refractivity contribution in [2.45, 2.75) is 12.3 Å². The molecule has 1 aliphatic carbocycles. The molecule has 0 saturated carbocycles. The van der Waals surface area contributed by atoms with Crippen molar-refractivity contribution < 1.29 is 4.79 Å². The van der Waals surface area contributed by atoms with Gasteiger partial charge in [-0.2, -0.15) is 0 Å². The Balaban J connectivity index is 2.11. The van der Waals surface area contributed by atoms with Crippen LogP contribution in [0.15, 0.2) is 24.3 Å². The van der Waals surface area contributed by atoms with Crippen molar-refractivity contribution in [1.82, 2.24) is 4.90 Å². The fourth-order valence-electron chi connectivity index (χ4n) is 1.96. The maximum absolute atomic E-state index is 11.9. The van der Waals surface area contributed by atoms with Crippen LogP contribution in [0.1, 0.15) is 17.0 Å². The van der Waals surface area contributed by atoms with E-state index in [0.29, 0.717) is 6.54 Å². The summed E-state index contributed by atoms with van der Waals surface area (Å²) in [6.45, 7) is 0.386. The topological polar surface area (TPSA) is 20.3 Å². The van der Waals surface area contributed by atoms with Crippen LogP contribution in [0, 0.1) is 12.3 Å². The van der Waals surface area contributed by atoms with Gasteiger partial charge >= 0.3 is 0 Å². The van der Waals surface area contributed by atoms with Gasteiger partial charge in [-0.3, -0.25) is 4.79 Å². The maximum atomic E-state index is 11.9. The molecule has 1 aliphatic rings. The molecule has 0 heterocycles. The molecule has 1 unspecified atom stereocenters. The van der Waals surface area contributed by atoms with E-state index in [2.05, 4.69) is 12.0 Å². The second-order valence-corrected chi connectivity index (χ2v) is 3.85. The normalized spacial score (nSPS) is 17.2. The predicted octanol–water partition coefficient (Wildman–Crippen LogP) is 1.42. The molecule has 2 rings (SSSR count). The van der Waals surface area contributed by atoms with E-state index in [1.807, 2.05) is 18.2 Å². The summed E-state index contributed by atoms with van der Waals surface area (Å²) in [5, 5.41) is 0. The van der Waals surface area contributed by atoms with Gasteiger partial charge in [0.15, 0.2) is 0 Å². The minimum atomic E-state index is 0.0274. The van der Waals surface area contributed by atoms with E-state index in [9.17, 15) is 4.79 Å². The molecule has 0 aliphatic heterocycles.